The minimum Gasteiger partial charge on any atom is -0.455 e. The molecule has 3 aromatic carbocycles. The zero-order valence-electron chi connectivity index (χ0n) is 11.6. The molecule has 21 heavy (non-hydrogen) atoms. The van der Waals surface area contributed by atoms with E-state index in [1.54, 1.807) is 0 Å². The van der Waals surface area contributed by atoms with Crippen LogP contribution in [-0.2, 0) is 0 Å². The summed E-state index contributed by atoms with van der Waals surface area (Å²) in [6.07, 6.45) is 0. The van der Waals surface area contributed by atoms with E-state index >= 15 is 0 Å². The molecule has 1 heterocycles. The van der Waals surface area contributed by atoms with Gasteiger partial charge in [0.2, 0.25) is 0 Å². The Morgan fingerprint density at radius 1 is 0.857 bits per heavy atom. The van der Waals surface area contributed by atoms with Gasteiger partial charge in [0.1, 0.15) is 11.2 Å². The maximum Gasteiger partial charge on any atom is 0.143 e. The maximum absolute atomic E-state index is 6.12. The van der Waals surface area contributed by atoms with Crippen molar-refractivity contribution in [3.05, 3.63) is 71.2 Å². The van der Waals surface area contributed by atoms with Crippen molar-refractivity contribution in [3.63, 3.8) is 0 Å². The quantitative estimate of drug-likeness (QED) is 0.406. The average Bonchev–Trinajstić information content (AvgIpc) is 2.89. The number of halogens is 1. The van der Waals surface area contributed by atoms with Crippen LogP contribution in [0.25, 0.3) is 33.1 Å². The SMILES string of the molecule is Cc1ccc(-c2ccc(Cl)cc2)c2oc3ccccc3c12. The Morgan fingerprint density at radius 2 is 1.62 bits per heavy atom. The first-order chi connectivity index (χ1) is 10.2. The molecular formula is C19H13ClO. The topological polar surface area (TPSA) is 13.1 Å². The fourth-order valence-electron chi connectivity index (χ4n) is 2.85. The first-order valence-corrected chi connectivity index (χ1v) is 7.28. The third-order valence-corrected chi connectivity index (χ3v) is 4.14. The van der Waals surface area contributed by atoms with E-state index in [-0.39, 0.29) is 0 Å². The molecule has 0 fully saturated rings. The molecule has 2 heteroatoms. The second-order valence-corrected chi connectivity index (χ2v) is 5.68. The van der Waals surface area contributed by atoms with Gasteiger partial charge in [0.05, 0.1) is 0 Å². The van der Waals surface area contributed by atoms with Crippen molar-refractivity contribution in [2.45, 2.75) is 6.92 Å². The van der Waals surface area contributed by atoms with E-state index in [0.29, 0.717) is 0 Å². The van der Waals surface area contributed by atoms with Crippen LogP contribution >= 0.6 is 11.6 Å². The molecule has 102 valence electrons. The normalized spacial score (nSPS) is 11.3. The molecule has 1 aromatic heterocycles. The first-order valence-electron chi connectivity index (χ1n) is 6.91. The number of hydrogen-bond donors (Lipinski definition) is 0. The third-order valence-electron chi connectivity index (χ3n) is 3.89. The number of rotatable bonds is 1. The Hall–Kier alpha value is -2.25. The van der Waals surface area contributed by atoms with Crippen molar-refractivity contribution >= 4 is 33.5 Å². The lowest BCUT2D eigenvalue weighted by atomic mass is 9.99. The minimum absolute atomic E-state index is 0.742. The van der Waals surface area contributed by atoms with Crippen molar-refractivity contribution < 1.29 is 4.42 Å². The van der Waals surface area contributed by atoms with Gasteiger partial charge in [-0.3, -0.25) is 0 Å². The Labute approximate surface area is 127 Å². The summed E-state index contributed by atoms with van der Waals surface area (Å²) >= 11 is 5.98. The molecule has 0 aliphatic carbocycles. The summed E-state index contributed by atoms with van der Waals surface area (Å²) in [4.78, 5) is 0. The smallest absolute Gasteiger partial charge is 0.143 e. The standard InChI is InChI=1S/C19H13ClO/c1-12-6-11-15(13-7-9-14(20)10-8-13)19-18(12)16-4-2-3-5-17(16)21-19/h2-11H,1H3. The van der Waals surface area contributed by atoms with E-state index in [9.17, 15) is 0 Å². The first kappa shape index (κ1) is 12.5. The molecule has 0 bridgehead atoms. The van der Waals surface area contributed by atoms with Crippen molar-refractivity contribution in [2.24, 2.45) is 0 Å². The largest absolute Gasteiger partial charge is 0.455 e. The van der Waals surface area contributed by atoms with E-state index in [2.05, 4.69) is 25.1 Å². The predicted octanol–water partition coefficient (Wildman–Crippen LogP) is 6.21. The summed E-state index contributed by atoms with van der Waals surface area (Å²) in [5.41, 5.74) is 5.31. The molecule has 0 aliphatic heterocycles. The van der Waals surface area contributed by atoms with E-state index < -0.39 is 0 Å². The van der Waals surface area contributed by atoms with Gasteiger partial charge in [-0.1, -0.05) is 54.1 Å². The number of benzene rings is 3. The molecule has 4 rings (SSSR count). The second-order valence-electron chi connectivity index (χ2n) is 5.24. The Morgan fingerprint density at radius 3 is 2.43 bits per heavy atom. The van der Waals surface area contributed by atoms with E-state index in [1.165, 1.54) is 16.3 Å². The molecule has 0 aliphatic rings. The van der Waals surface area contributed by atoms with Gasteiger partial charge in [-0.2, -0.15) is 0 Å². The zero-order chi connectivity index (χ0) is 14.4. The van der Waals surface area contributed by atoms with Crippen molar-refractivity contribution in [2.75, 3.05) is 0 Å². The van der Waals surface area contributed by atoms with Crippen LogP contribution in [0.2, 0.25) is 5.02 Å². The van der Waals surface area contributed by atoms with Crippen LogP contribution in [-0.4, -0.2) is 0 Å². The van der Waals surface area contributed by atoms with E-state index in [0.717, 1.165) is 27.3 Å². The van der Waals surface area contributed by atoms with Crippen molar-refractivity contribution in [1.82, 2.24) is 0 Å². The fourth-order valence-corrected chi connectivity index (χ4v) is 2.98. The van der Waals surface area contributed by atoms with Gasteiger partial charge in [0.25, 0.3) is 0 Å². The highest BCUT2D eigenvalue weighted by molar-refractivity contribution is 6.30. The van der Waals surface area contributed by atoms with Crippen LogP contribution in [0, 0.1) is 6.92 Å². The molecule has 0 radical (unpaired) electrons. The predicted molar refractivity (Wildman–Crippen MR) is 88.9 cm³/mol. The highest BCUT2D eigenvalue weighted by Crippen LogP contribution is 2.37. The maximum atomic E-state index is 6.12. The lowest BCUT2D eigenvalue weighted by molar-refractivity contribution is 0.670. The monoisotopic (exact) mass is 292 g/mol. The number of fused-ring (bicyclic) bond motifs is 3. The van der Waals surface area contributed by atoms with Gasteiger partial charge in [-0.05, 0) is 36.2 Å². The fraction of sp³-hybridized carbons (Fsp3) is 0.0526. The highest BCUT2D eigenvalue weighted by Gasteiger charge is 2.13. The molecule has 0 amide bonds. The van der Waals surface area contributed by atoms with E-state index in [1.807, 2.05) is 42.5 Å². The van der Waals surface area contributed by atoms with Crippen LogP contribution in [0.1, 0.15) is 5.56 Å². The summed E-state index contributed by atoms with van der Waals surface area (Å²) in [6.45, 7) is 2.12. The molecular weight excluding hydrogens is 280 g/mol. The molecule has 0 N–H and O–H groups in total. The number of furan rings is 1. The summed E-state index contributed by atoms with van der Waals surface area (Å²) in [5.74, 6) is 0. The van der Waals surface area contributed by atoms with Gasteiger partial charge in [0.15, 0.2) is 0 Å². The molecule has 0 unspecified atom stereocenters. The summed E-state index contributed by atoms with van der Waals surface area (Å²) < 4.78 is 6.12. The Kier molecular flexibility index (Phi) is 2.76. The molecule has 1 nitrogen and oxygen atoms in total. The molecule has 0 spiro atoms. The Bertz CT molecular complexity index is 949. The summed E-state index contributed by atoms with van der Waals surface area (Å²) in [7, 11) is 0. The Balaban J connectivity index is 2.11. The van der Waals surface area contributed by atoms with Gasteiger partial charge < -0.3 is 4.42 Å². The van der Waals surface area contributed by atoms with Crippen molar-refractivity contribution in [1.29, 1.82) is 0 Å². The van der Waals surface area contributed by atoms with Crippen LogP contribution in [0.4, 0.5) is 0 Å². The van der Waals surface area contributed by atoms with Gasteiger partial charge in [0, 0.05) is 21.4 Å². The molecule has 4 aromatic rings. The summed E-state index contributed by atoms with van der Waals surface area (Å²) in [5, 5.41) is 3.10. The van der Waals surface area contributed by atoms with Crippen LogP contribution in [0.15, 0.2) is 65.1 Å². The van der Waals surface area contributed by atoms with Crippen LogP contribution in [0.5, 0.6) is 0 Å². The third kappa shape index (κ3) is 1.93. The lowest BCUT2D eigenvalue weighted by Gasteiger charge is -2.05. The zero-order valence-corrected chi connectivity index (χ0v) is 12.3. The molecule has 0 saturated heterocycles. The lowest BCUT2D eigenvalue weighted by Crippen LogP contribution is -1.81. The number of hydrogen-bond acceptors (Lipinski definition) is 1. The van der Waals surface area contributed by atoms with Gasteiger partial charge in [-0.15, -0.1) is 0 Å². The summed E-state index contributed by atoms with van der Waals surface area (Å²) in [6, 6.07) is 20.3. The van der Waals surface area contributed by atoms with Crippen LogP contribution < -0.4 is 0 Å². The van der Waals surface area contributed by atoms with Crippen molar-refractivity contribution in [3.8, 4) is 11.1 Å². The molecule has 0 saturated carbocycles. The minimum atomic E-state index is 0.742. The highest BCUT2D eigenvalue weighted by atomic mass is 35.5. The van der Waals surface area contributed by atoms with Crippen LogP contribution in [0.3, 0.4) is 0 Å². The van der Waals surface area contributed by atoms with E-state index in [4.69, 9.17) is 16.0 Å². The second kappa shape index (κ2) is 4.64. The van der Waals surface area contributed by atoms with Gasteiger partial charge in [-0.25, -0.2) is 0 Å². The number of para-hydroxylation sites is 1. The molecule has 0 atom stereocenters. The number of aryl methyl sites for hydroxylation is 1. The van der Waals surface area contributed by atoms with Gasteiger partial charge >= 0.3 is 0 Å². The average molecular weight is 293 g/mol.